The van der Waals surface area contributed by atoms with Gasteiger partial charge in [-0.25, -0.2) is 0 Å². The highest BCUT2D eigenvalue weighted by atomic mass is 16.4. The fourth-order valence-corrected chi connectivity index (χ4v) is 2.81. The molecule has 0 aromatic heterocycles. The van der Waals surface area contributed by atoms with E-state index in [4.69, 9.17) is 10.9 Å². The van der Waals surface area contributed by atoms with E-state index in [1.54, 1.807) is 0 Å². The van der Waals surface area contributed by atoms with Gasteiger partial charge in [0.15, 0.2) is 0 Å². The molecule has 0 aromatic carbocycles. The molecule has 1 saturated carbocycles. The van der Waals surface area contributed by atoms with Crippen LogP contribution in [0.3, 0.4) is 0 Å². The van der Waals surface area contributed by atoms with Crippen molar-refractivity contribution in [3.05, 3.63) is 0 Å². The first kappa shape index (κ1) is 16.2. The lowest BCUT2D eigenvalue weighted by molar-refractivity contribution is 0.189. The number of rotatable bonds is 8. The lowest BCUT2D eigenvalue weighted by Gasteiger charge is -2.31. The van der Waals surface area contributed by atoms with Crippen LogP contribution in [0.1, 0.15) is 51.9 Å². The molecule has 0 aromatic rings. The molecule has 0 amide bonds. The summed E-state index contributed by atoms with van der Waals surface area (Å²) in [5.74, 6) is 0.291. The van der Waals surface area contributed by atoms with Crippen molar-refractivity contribution < 1.29 is 5.21 Å². The average molecular weight is 270 g/mol. The Bertz CT molecular complexity index is 264. The molecule has 1 unspecified atom stereocenters. The van der Waals surface area contributed by atoms with Crippen LogP contribution in [0.4, 0.5) is 0 Å². The Balaban J connectivity index is 2.06. The van der Waals surface area contributed by atoms with E-state index in [1.807, 2.05) is 0 Å². The van der Waals surface area contributed by atoms with Crippen LogP contribution in [0, 0.1) is 0 Å². The minimum atomic E-state index is 0.260. The molecular weight excluding hydrogens is 240 g/mol. The summed E-state index contributed by atoms with van der Waals surface area (Å²) in [7, 11) is 2.25. The average Bonchev–Trinajstić information content (AvgIpc) is 2.44. The van der Waals surface area contributed by atoms with Crippen LogP contribution in [0.2, 0.25) is 0 Å². The number of oxime groups is 1. The van der Waals surface area contributed by atoms with Crippen molar-refractivity contribution in [2.75, 3.05) is 20.1 Å². The molecule has 5 heteroatoms. The van der Waals surface area contributed by atoms with Gasteiger partial charge in [-0.15, -0.1) is 0 Å². The van der Waals surface area contributed by atoms with Crippen molar-refractivity contribution in [2.45, 2.75) is 64.0 Å². The van der Waals surface area contributed by atoms with Gasteiger partial charge in [0, 0.05) is 18.5 Å². The van der Waals surface area contributed by atoms with E-state index in [9.17, 15) is 0 Å². The van der Waals surface area contributed by atoms with Gasteiger partial charge in [0.1, 0.15) is 5.84 Å². The smallest absolute Gasteiger partial charge is 0.140 e. The Morgan fingerprint density at radius 3 is 2.74 bits per heavy atom. The van der Waals surface area contributed by atoms with Gasteiger partial charge < -0.3 is 21.2 Å². The molecule has 1 aliphatic rings. The summed E-state index contributed by atoms with van der Waals surface area (Å²) in [6.07, 6.45) is 8.67. The quantitative estimate of drug-likeness (QED) is 0.206. The van der Waals surface area contributed by atoms with Crippen molar-refractivity contribution in [3.63, 3.8) is 0 Å². The fourth-order valence-electron chi connectivity index (χ4n) is 2.81. The van der Waals surface area contributed by atoms with Gasteiger partial charge >= 0.3 is 0 Å². The monoisotopic (exact) mass is 270 g/mol. The molecule has 112 valence electrons. The van der Waals surface area contributed by atoms with E-state index in [1.165, 1.54) is 32.1 Å². The van der Waals surface area contributed by atoms with Gasteiger partial charge in [0.2, 0.25) is 0 Å². The molecule has 0 heterocycles. The number of nitrogens with two attached hydrogens (primary N) is 1. The summed E-state index contributed by atoms with van der Waals surface area (Å²) >= 11 is 0. The molecule has 0 spiro atoms. The molecule has 19 heavy (non-hydrogen) atoms. The zero-order valence-corrected chi connectivity index (χ0v) is 12.4. The predicted molar refractivity (Wildman–Crippen MR) is 79.6 cm³/mol. The Labute approximate surface area is 117 Å². The maximum atomic E-state index is 8.50. The molecule has 5 nitrogen and oxygen atoms in total. The highest BCUT2D eigenvalue weighted by Crippen LogP contribution is 2.21. The molecule has 1 rings (SSSR count). The van der Waals surface area contributed by atoms with Crippen LogP contribution >= 0.6 is 0 Å². The number of nitrogens with zero attached hydrogens (tertiary/aromatic N) is 2. The second kappa shape index (κ2) is 9.15. The van der Waals surface area contributed by atoms with Crippen LogP contribution in [0.5, 0.6) is 0 Å². The Kier molecular flexibility index (Phi) is 7.82. The summed E-state index contributed by atoms with van der Waals surface area (Å²) in [6.45, 7) is 4.19. The highest BCUT2D eigenvalue weighted by molar-refractivity contribution is 5.80. The van der Waals surface area contributed by atoms with E-state index in [-0.39, 0.29) is 6.04 Å². The minimum absolute atomic E-state index is 0.260. The normalized spacial score (nSPS) is 19.8. The molecule has 0 radical (unpaired) electrons. The molecule has 0 aliphatic heterocycles. The molecule has 4 N–H and O–H groups in total. The third-order valence-electron chi connectivity index (χ3n) is 4.02. The summed E-state index contributed by atoms with van der Waals surface area (Å²) in [6, 6.07) is 1.05. The van der Waals surface area contributed by atoms with Gasteiger partial charge in [-0.2, -0.15) is 0 Å². The van der Waals surface area contributed by atoms with Gasteiger partial charge in [-0.1, -0.05) is 24.4 Å². The lowest BCUT2D eigenvalue weighted by atomic mass is 9.94. The van der Waals surface area contributed by atoms with Gasteiger partial charge in [0.25, 0.3) is 0 Å². The molecule has 0 bridgehead atoms. The van der Waals surface area contributed by atoms with Crippen molar-refractivity contribution in [1.29, 1.82) is 0 Å². The number of amidine groups is 1. The molecule has 1 atom stereocenters. The van der Waals surface area contributed by atoms with E-state index in [0.29, 0.717) is 12.3 Å². The molecule has 1 fully saturated rings. The van der Waals surface area contributed by atoms with E-state index >= 15 is 0 Å². The predicted octanol–water partition coefficient (Wildman–Crippen LogP) is 1.76. The van der Waals surface area contributed by atoms with Gasteiger partial charge in [-0.05, 0) is 46.3 Å². The zero-order valence-electron chi connectivity index (χ0n) is 12.4. The highest BCUT2D eigenvalue weighted by Gasteiger charge is 2.17. The number of hydrogen-bond donors (Lipinski definition) is 3. The summed E-state index contributed by atoms with van der Waals surface area (Å²) in [4.78, 5) is 2.51. The maximum absolute atomic E-state index is 8.50. The first-order valence-electron chi connectivity index (χ1n) is 7.53. The van der Waals surface area contributed by atoms with Crippen molar-refractivity contribution >= 4 is 5.84 Å². The van der Waals surface area contributed by atoms with Crippen LogP contribution in [-0.4, -0.2) is 48.2 Å². The van der Waals surface area contributed by atoms with Crippen LogP contribution in [-0.2, 0) is 0 Å². The van der Waals surface area contributed by atoms with Gasteiger partial charge in [-0.3, -0.25) is 0 Å². The largest absolute Gasteiger partial charge is 0.409 e. The lowest BCUT2D eigenvalue weighted by Crippen LogP contribution is -2.37. The molecule has 1 aliphatic carbocycles. The van der Waals surface area contributed by atoms with Crippen molar-refractivity contribution in [3.8, 4) is 0 Å². The topological polar surface area (TPSA) is 73.9 Å². The maximum Gasteiger partial charge on any atom is 0.140 e. The fraction of sp³-hybridized carbons (Fsp3) is 0.929. The van der Waals surface area contributed by atoms with Gasteiger partial charge in [0.05, 0.1) is 0 Å². The van der Waals surface area contributed by atoms with Crippen LogP contribution in [0.25, 0.3) is 0 Å². The van der Waals surface area contributed by atoms with E-state index in [2.05, 4.69) is 29.3 Å². The van der Waals surface area contributed by atoms with Crippen molar-refractivity contribution in [1.82, 2.24) is 10.2 Å². The third-order valence-corrected chi connectivity index (χ3v) is 4.02. The van der Waals surface area contributed by atoms with E-state index in [0.717, 1.165) is 25.6 Å². The van der Waals surface area contributed by atoms with Crippen LogP contribution in [0.15, 0.2) is 5.16 Å². The Hall–Kier alpha value is -0.810. The van der Waals surface area contributed by atoms with Crippen molar-refractivity contribution in [2.24, 2.45) is 10.9 Å². The first-order chi connectivity index (χ1) is 9.13. The SMILES string of the molecule is CC(CC(N)=NO)NCCCN(C)C1CCCCC1. The van der Waals surface area contributed by atoms with Crippen LogP contribution < -0.4 is 11.1 Å². The minimum Gasteiger partial charge on any atom is -0.409 e. The zero-order chi connectivity index (χ0) is 14.1. The number of hydrogen-bond acceptors (Lipinski definition) is 4. The summed E-state index contributed by atoms with van der Waals surface area (Å²) < 4.78 is 0. The Morgan fingerprint density at radius 1 is 1.42 bits per heavy atom. The second-order valence-electron chi connectivity index (χ2n) is 5.78. The number of nitrogens with one attached hydrogen (secondary N) is 1. The standard InChI is InChI=1S/C14H30N4O/c1-12(11-14(15)17-19)16-9-6-10-18(2)13-7-4-3-5-8-13/h12-13,16,19H,3-11H2,1-2H3,(H2,15,17). The molecular formula is C14H30N4O. The third kappa shape index (κ3) is 6.78. The van der Waals surface area contributed by atoms with E-state index < -0.39 is 0 Å². The molecule has 0 saturated heterocycles. The first-order valence-corrected chi connectivity index (χ1v) is 7.53. The summed E-state index contributed by atoms with van der Waals surface area (Å²) in [5.41, 5.74) is 5.48. The summed E-state index contributed by atoms with van der Waals surface area (Å²) in [5, 5.41) is 14.9. The Morgan fingerprint density at radius 2 is 2.11 bits per heavy atom. The second-order valence-corrected chi connectivity index (χ2v) is 5.78.